The topological polar surface area (TPSA) is 315 Å². The number of aromatic hydroxyl groups is 2. The lowest BCUT2D eigenvalue weighted by Crippen LogP contribution is -2.35. The lowest BCUT2D eigenvalue weighted by Gasteiger charge is -2.33. The second-order valence-corrected chi connectivity index (χ2v) is 14.8. The number of ether oxygens (including phenoxy) is 1. The van der Waals surface area contributed by atoms with Crippen LogP contribution in [0.15, 0.2) is 48.6 Å². The summed E-state index contributed by atoms with van der Waals surface area (Å²) in [4.78, 5) is 60.3. The summed E-state index contributed by atoms with van der Waals surface area (Å²) in [5, 5.41) is 80.4. The lowest BCUT2D eigenvalue weighted by molar-refractivity contribution is -0.404. The molecule has 2 fully saturated rings. The molecule has 0 aliphatic heterocycles. The monoisotopic (exact) mass is 802 g/mol. The Labute approximate surface area is 323 Å². The number of hydrogen-bond acceptors (Lipinski definition) is 17. The third kappa shape index (κ3) is 10.2. The summed E-state index contributed by atoms with van der Waals surface area (Å²) in [5.41, 5.74) is -6.00. The highest BCUT2D eigenvalue weighted by Crippen LogP contribution is 2.50. The van der Waals surface area contributed by atoms with Crippen molar-refractivity contribution in [1.29, 1.82) is 0 Å². The Balaban J connectivity index is 0.000000199. The van der Waals surface area contributed by atoms with Gasteiger partial charge in [0.25, 0.3) is 22.9 Å². The number of nitrogens with zero attached hydrogens (tertiary/aromatic N) is 8. The van der Waals surface area contributed by atoms with E-state index in [0.717, 1.165) is 60.6 Å². The van der Waals surface area contributed by atoms with E-state index in [-0.39, 0.29) is 0 Å². The van der Waals surface area contributed by atoms with Crippen molar-refractivity contribution in [1.82, 2.24) is 9.80 Å². The molecule has 23 heteroatoms. The van der Waals surface area contributed by atoms with E-state index >= 15 is 0 Å². The van der Waals surface area contributed by atoms with E-state index in [0.29, 0.717) is 24.3 Å². The Kier molecular flexibility index (Phi) is 13.9. The Morgan fingerprint density at radius 1 is 0.509 bits per heavy atom. The van der Waals surface area contributed by atoms with Crippen LogP contribution in [-0.2, 0) is 4.74 Å². The number of phenols is 2. The number of hydrogen-bond donors (Lipinski definition) is 2. The van der Waals surface area contributed by atoms with Crippen LogP contribution in [-0.4, -0.2) is 104 Å². The van der Waals surface area contributed by atoms with E-state index < -0.39 is 75.2 Å². The molecule has 0 saturated heterocycles. The van der Waals surface area contributed by atoms with Crippen LogP contribution in [0.1, 0.15) is 12.8 Å². The SMILES string of the molecule is CN(C)CC1C2C=CC(C2)C1COCC1C2C=CC(C2)C1CN(C)C.O=[N+]([O-])c1cc([N+](=O)[O-])c(O)c([N+](=O)[O-])c1.O=[N+]([O-])c1cc([N+](=O)[O-])c(O)c([N+](=O)[O-])c1. The van der Waals surface area contributed by atoms with Crippen LogP contribution in [0.3, 0.4) is 0 Å². The Bertz CT molecular complexity index is 1760. The van der Waals surface area contributed by atoms with Gasteiger partial charge in [-0.25, -0.2) is 0 Å². The van der Waals surface area contributed by atoms with Crippen LogP contribution in [0.4, 0.5) is 34.1 Å². The number of non-ortho nitro benzene ring substituents is 2. The van der Waals surface area contributed by atoms with Gasteiger partial charge in [0.15, 0.2) is 0 Å². The highest BCUT2D eigenvalue weighted by molar-refractivity contribution is 5.65. The van der Waals surface area contributed by atoms with Gasteiger partial charge in [0.2, 0.25) is 0 Å². The van der Waals surface area contributed by atoms with Crippen molar-refractivity contribution in [2.45, 2.75) is 12.8 Å². The van der Waals surface area contributed by atoms with Gasteiger partial charge in [-0.1, -0.05) is 24.3 Å². The van der Waals surface area contributed by atoms with Gasteiger partial charge in [0.05, 0.1) is 67.0 Å². The number of nitro benzene ring substituents is 6. The van der Waals surface area contributed by atoms with Gasteiger partial charge in [0.1, 0.15) is 0 Å². The van der Waals surface area contributed by atoms with Crippen molar-refractivity contribution < 1.29 is 44.5 Å². The zero-order valence-corrected chi connectivity index (χ0v) is 31.3. The average Bonchev–Trinajstić information content (AvgIpc) is 3.92. The minimum Gasteiger partial charge on any atom is -0.497 e. The zero-order valence-electron chi connectivity index (χ0n) is 31.3. The van der Waals surface area contributed by atoms with Gasteiger partial charge >= 0.3 is 22.7 Å². The summed E-state index contributed by atoms with van der Waals surface area (Å²) in [7, 11) is 8.84. The summed E-state index contributed by atoms with van der Waals surface area (Å²) in [5.74, 6) is 3.78. The third-order valence-electron chi connectivity index (χ3n) is 10.7. The van der Waals surface area contributed by atoms with Crippen LogP contribution in [0, 0.1) is 108 Å². The fourth-order valence-electron chi connectivity index (χ4n) is 8.22. The lowest BCUT2D eigenvalue weighted by atomic mass is 9.82. The molecule has 4 aliphatic carbocycles. The second kappa shape index (κ2) is 18.2. The Hall–Kier alpha value is -6.20. The van der Waals surface area contributed by atoms with Crippen molar-refractivity contribution in [2.75, 3.05) is 54.5 Å². The number of rotatable bonds is 14. The molecule has 0 radical (unpaired) electrons. The van der Waals surface area contributed by atoms with Gasteiger partial charge in [-0.15, -0.1) is 0 Å². The molecule has 23 nitrogen and oxygen atoms in total. The first-order chi connectivity index (χ1) is 26.7. The molecule has 0 spiro atoms. The molecule has 8 unspecified atom stereocenters. The molecular weight excluding hydrogens is 760 g/mol. The highest BCUT2D eigenvalue weighted by Gasteiger charge is 2.46. The van der Waals surface area contributed by atoms with Crippen molar-refractivity contribution in [3.05, 3.63) is 109 Å². The van der Waals surface area contributed by atoms with Crippen LogP contribution < -0.4 is 0 Å². The first-order valence-corrected chi connectivity index (χ1v) is 17.6. The standard InChI is InChI=1S/C22H36N2O.2C6H3N3O7/c1-23(2)11-19-15-5-7-17(9-15)21(19)13-25-14-22-18-8-6-16(10-18)20(22)12-24(3)4;2*10-6-4(8(13)14)1-3(7(11)12)2-5(6)9(15)16/h5-8,15-22H,9-14H2,1-4H3;2*1-2,10H. The Morgan fingerprint density at radius 3 is 1.00 bits per heavy atom. The van der Waals surface area contributed by atoms with Crippen molar-refractivity contribution in [2.24, 2.45) is 47.3 Å². The van der Waals surface area contributed by atoms with Crippen molar-refractivity contribution in [3.8, 4) is 11.5 Å². The minimum absolute atomic E-state index is 0.447. The molecule has 57 heavy (non-hydrogen) atoms. The van der Waals surface area contributed by atoms with E-state index in [2.05, 4.69) is 62.3 Å². The molecule has 0 amide bonds. The Morgan fingerprint density at radius 2 is 0.772 bits per heavy atom. The summed E-state index contributed by atoms with van der Waals surface area (Å²) in [6, 6.07) is 1.79. The number of benzene rings is 2. The summed E-state index contributed by atoms with van der Waals surface area (Å²) in [6.07, 6.45) is 12.6. The molecule has 308 valence electrons. The van der Waals surface area contributed by atoms with Crippen LogP contribution in [0.5, 0.6) is 11.5 Å². The van der Waals surface area contributed by atoms with E-state index in [1.54, 1.807) is 0 Å². The maximum absolute atomic E-state index is 10.4. The molecule has 0 aromatic heterocycles. The molecule has 2 aromatic carbocycles. The largest absolute Gasteiger partial charge is 0.497 e. The van der Waals surface area contributed by atoms with Crippen LogP contribution in [0.2, 0.25) is 0 Å². The van der Waals surface area contributed by atoms with E-state index in [4.69, 9.17) is 14.9 Å². The number of nitro groups is 6. The molecule has 2 aromatic rings. The molecule has 4 aliphatic rings. The molecule has 2 saturated carbocycles. The van der Waals surface area contributed by atoms with E-state index in [9.17, 15) is 60.7 Å². The number of phenolic OH excluding ortho intramolecular Hbond substituents is 2. The van der Waals surface area contributed by atoms with Gasteiger partial charge in [-0.3, -0.25) is 60.7 Å². The normalized spacial score (nSPS) is 24.8. The van der Waals surface area contributed by atoms with Crippen molar-refractivity contribution in [3.63, 3.8) is 0 Å². The van der Waals surface area contributed by atoms with Gasteiger partial charge < -0.3 is 24.7 Å². The molecular formula is C34H42N8O15. The summed E-state index contributed by atoms with van der Waals surface area (Å²) < 4.78 is 6.43. The fourth-order valence-corrected chi connectivity index (χ4v) is 8.22. The predicted octanol–water partition coefficient (Wildman–Crippen LogP) is 5.24. The van der Waals surface area contributed by atoms with Gasteiger partial charge in [-0.05, 0) is 88.4 Å². The van der Waals surface area contributed by atoms with Gasteiger partial charge in [0, 0.05) is 13.1 Å². The molecule has 8 atom stereocenters. The number of fused-ring (bicyclic) bond motifs is 4. The van der Waals surface area contributed by atoms with E-state index in [1.807, 2.05) is 0 Å². The van der Waals surface area contributed by atoms with Gasteiger partial charge in [-0.2, -0.15) is 0 Å². The third-order valence-corrected chi connectivity index (χ3v) is 10.7. The average molecular weight is 803 g/mol. The van der Waals surface area contributed by atoms with Crippen molar-refractivity contribution >= 4 is 34.1 Å². The first kappa shape index (κ1) is 43.5. The summed E-state index contributed by atoms with van der Waals surface area (Å²) >= 11 is 0. The highest BCUT2D eigenvalue weighted by atomic mass is 16.7. The molecule has 4 bridgehead atoms. The minimum atomic E-state index is -1.21. The molecule has 2 N–H and O–H groups in total. The first-order valence-electron chi connectivity index (χ1n) is 17.6. The van der Waals surface area contributed by atoms with Crippen LogP contribution >= 0.6 is 0 Å². The second-order valence-electron chi connectivity index (χ2n) is 14.8. The molecule has 6 rings (SSSR count). The zero-order chi connectivity index (χ0) is 42.5. The number of allylic oxidation sites excluding steroid dienone is 4. The maximum Gasteiger partial charge on any atom is 0.324 e. The maximum atomic E-state index is 10.4. The van der Waals surface area contributed by atoms with E-state index in [1.165, 1.54) is 25.9 Å². The van der Waals surface area contributed by atoms with Crippen LogP contribution in [0.25, 0.3) is 0 Å². The fraction of sp³-hybridized carbons (Fsp3) is 0.529. The predicted molar refractivity (Wildman–Crippen MR) is 200 cm³/mol. The smallest absolute Gasteiger partial charge is 0.324 e. The molecule has 0 heterocycles. The quantitative estimate of drug-likeness (QED) is 0.140. The summed E-state index contributed by atoms with van der Waals surface area (Å²) in [6.45, 7) is 4.35.